The van der Waals surface area contributed by atoms with Crippen molar-refractivity contribution in [2.45, 2.75) is 6.42 Å². The molecule has 12 heavy (non-hydrogen) atoms. The van der Waals surface area contributed by atoms with Crippen molar-refractivity contribution >= 4 is 11.9 Å². The molecule has 66 valence electrons. The van der Waals surface area contributed by atoms with Crippen molar-refractivity contribution in [2.75, 3.05) is 7.11 Å². The highest BCUT2D eigenvalue weighted by Gasteiger charge is 2.34. The van der Waals surface area contributed by atoms with Gasteiger partial charge in [-0.3, -0.25) is 9.59 Å². The van der Waals surface area contributed by atoms with Gasteiger partial charge in [0.2, 0.25) is 0 Å². The molecule has 0 aliphatic heterocycles. The second-order valence-electron chi connectivity index (χ2n) is 2.66. The predicted molar refractivity (Wildman–Crippen MR) is 40.4 cm³/mol. The summed E-state index contributed by atoms with van der Waals surface area (Å²) in [5, 5.41) is 8.67. The minimum absolute atomic E-state index is 0.451. The number of carboxylic acids is 1. The molecule has 4 heteroatoms. The van der Waals surface area contributed by atoms with E-state index in [1.165, 1.54) is 13.2 Å². The molecule has 0 aromatic rings. The van der Waals surface area contributed by atoms with Gasteiger partial charge in [0.05, 0.1) is 18.9 Å². The van der Waals surface area contributed by atoms with E-state index < -0.39 is 23.8 Å². The topological polar surface area (TPSA) is 63.6 Å². The Balaban J connectivity index is 2.68. The molecule has 0 spiro atoms. The first-order valence-electron chi connectivity index (χ1n) is 3.64. The average molecular weight is 170 g/mol. The lowest BCUT2D eigenvalue weighted by molar-refractivity contribution is -0.153. The molecule has 0 heterocycles. The monoisotopic (exact) mass is 170 g/mol. The van der Waals surface area contributed by atoms with E-state index >= 15 is 0 Å². The van der Waals surface area contributed by atoms with Crippen LogP contribution in [-0.2, 0) is 14.3 Å². The van der Waals surface area contributed by atoms with Gasteiger partial charge in [0, 0.05) is 0 Å². The van der Waals surface area contributed by atoms with Crippen LogP contribution >= 0.6 is 0 Å². The quantitative estimate of drug-likeness (QED) is 0.482. The van der Waals surface area contributed by atoms with E-state index in [9.17, 15) is 9.59 Å². The molecule has 0 saturated carbocycles. The van der Waals surface area contributed by atoms with Gasteiger partial charge in [-0.25, -0.2) is 0 Å². The number of esters is 1. The molecule has 0 aromatic heterocycles. The van der Waals surface area contributed by atoms with Gasteiger partial charge < -0.3 is 9.84 Å². The number of hydrogen-bond acceptors (Lipinski definition) is 3. The van der Waals surface area contributed by atoms with Crippen LogP contribution in [-0.4, -0.2) is 24.2 Å². The van der Waals surface area contributed by atoms with Crippen molar-refractivity contribution in [3.05, 3.63) is 12.2 Å². The number of carbonyl (C=O) groups is 2. The molecular formula is C8H10O4. The molecule has 0 saturated heterocycles. The third-order valence-corrected chi connectivity index (χ3v) is 1.96. The maximum Gasteiger partial charge on any atom is 0.311 e. The Kier molecular flexibility index (Phi) is 2.47. The first-order chi connectivity index (χ1) is 5.66. The van der Waals surface area contributed by atoms with Crippen LogP contribution in [0.3, 0.4) is 0 Å². The third-order valence-electron chi connectivity index (χ3n) is 1.96. The Labute approximate surface area is 69.8 Å². The summed E-state index contributed by atoms with van der Waals surface area (Å²) in [4.78, 5) is 21.6. The summed E-state index contributed by atoms with van der Waals surface area (Å²) >= 11 is 0. The van der Waals surface area contributed by atoms with E-state index in [0.29, 0.717) is 6.42 Å². The smallest absolute Gasteiger partial charge is 0.311 e. The zero-order valence-corrected chi connectivity index (χ0v) is 6.69. The molecule has 4 nitrogen and oxygen atoms in total. The third kappa shape index (κ3) is 1.47. The van der Waals surface area contributed by atoms with Gasteiger partial charge in [0.1, 0.15) is 0 Å². The summed E-state index contributed by atoms with van der Waals surface area (Å²) in [6, 6.07) is 0. The largest absolute Gasteiger partial charge is 0.481 e. The van der Waals surface area contributed by atoms with Gasteiger partial charge in [-0.15, -0.1) is 0 Å². The lowest BCUT2D eigenvalue weighted by Crippen LogP contribution is -2.26. The van der Waals surface area contributed by atoms with Gasteiger partial charge in [-0.05, 0) is 6.42 Å². The van der Waals surface area contributed by atoms with Crippen molar-refractivity contribution in [1.82, 2.24) is 0 Å². The van der Waals surface area contributed by atoms with Gasteiger partial charge in [0.25, 0.3) is 0 Å². The number of aliphatic carboxylic acids is 1. The number of rotatable bonds is 2. The van der Waals surface area contributed by atoms with E-state index in [-0.39, 0.29) is 0 Å². The number of carbonyl (C=O) groups excluding carboxylic acids is 1. The summed E-state index contributed by atoms with van der Waals surface area (Å²) in [5.74, 6) is -2.67. The molecule has 1 aliphatic carbocycles. The molecule has 1 rings (SSSR count). The van der Waals surface area contributed by atoms with Crippen molar-refractivity contribution in [1.29, 1.82) is 0 Å². The minimum Gasteiger partial charge on any atom is -0.481 e. The zero-order valence-electron chi connectivity index (χ0n) is 6.69. The van der Waals surface area contributed by atoms with Crippen molar-refractivity contribution in [2.24, 2.45) is 11.8 Å². The van der Waals surface area contributed by atoms with E-state index in [1.807, 2.05) is 0 Å². The van der Waals surface area contributed by atoms with Crippen LogP contribution in [0.5, 0.6) is 0 Å². The normalized spacial score (nSPS) is 27.1. The molecule has 2 unspecified atom stereocenters. The summed E-state index contributed by atoms with van der Waals surface area (Å²) in [5.41, 5.74) is 0. The van der Waals surface area contributed by atoms with E-state index in [4.69, 9.17) is 5.11 Å². The summed E-state index contributed by atoms with van der Waals surface area (Å²) in [6.45, 7) is 0. The van der Waals surface area contributed by atoms with Crippen LogP contribution < -0.4 is 0 Å². The van der Waals surface area contributed by atoms with Crippen LogP contribution in [0.4, 0.5) is 0 Å². The number of methoxy groups -OCH3 is 1. The molecule has 0 bridgehead atoms. The van der Waals surface area contributed by atoms with E-state index in [2.05, 4.69) is 4.74 Å². The lowest BCUT2D eigenvalue weighted by atomic mass is 9.96. The molecule has 1 N–H and O–H groups in total. The van der Waals surface area contributed by atoms with Crippen molar-refractivity contribution in [3.8, 4) is 0 Å². The fourth-order valence-corrected chi connectivity index (χ4v) is 1.30. The highest BCUT2D eigenvalue weighted by molar-refractivity contribution is 5.83. The SMILES string of the molecule is COC(=O)C1CC=CC1C(=O)O. The number of carboxylic acid groups (broad SMARTS) is 1. The van der Waals surface area contributed by atoms with E-state index in [0.717, 1.165) is 0 Å². The first-order valence-corrected chi connectivity index (χ1v) is 3.64. The van der Waals surface area contributed by atoms with Crippen LogP contribution in [0.15, 0.2) is 12.2 Å². The fourth-order valence-electron chi connectivity index (χ4n) is 1.30. The summed E-state index contributed by atoms with van der Waals surface area (Å²) in [7, 11) is 1.26. The number of allylic oxidation sites excluding steroid dienone is 1. The highest BCUT2D eigenvalue weighted by Crippen LogP contribution is 2.26. The fraction of sp³-hybridized carbons (Fsp3) is 0.500. The zero-order chi connectivity index (χ0) is 9.14. The molecule has 0 radical (unpaired) electrons. The molecule has 2 atom stereocenters. The predicted octanol–water partition coefficient (Wildman–Crippen LogP) is 0.436. The molecule has 0 aromatic carbocycles. The second-order valence-corrected chi connectivity index (χ2v) is 2.66. The Morgan fingerprint density at radius 1 is 1.58 bits per heavy atom. The Morgan fingerprint density at radius 2 is 2.25 bits per heavy atom. The maximum absolute atomic E-state index is 11.0. The minimum atomic E-state index is -0.973. The van der Waals surface area contributed by atoms with Crippen LogP contribution in [0, 0.1) is 11.8 Å². The van der Waals surface area contributed by atoms with Crippen LogP contribution in [0.1, 0.15) is 6.42 Å². The number of hydrogen-bond donors (Lipinski definition) is 1. The van der Waals surface area contributed by atoms with Gasteiger partial charge in [0.15, 0.2) is 0 Å². The van der Waals surface area contributed by atoms with Gasteiger partial charge in [-0.1, -0.05) is 12.2 Å². The molecule has 0 amide bonds. The van der Waals surface area contributed by atoms with Gasteiger partial charge in [-0.2, -0.15) is 0 Å². The standard InChI is InChI=1S/C8H10O4/c1-12-8(11)6-4-2-3-5(6)7(9)10/h2-3,5-6H,4H2,1H3,(H,9,10). The summed E-state index contributed by atoms with van der Waals surface area (Å²) < 4.78 is 4.47. The van der Waals surface area contributed by atoms with E-state index in [1.54, 1.807) is 6.08 Å². The lowest BCUT2D eigenvalue weighted by Gasteiger charge is -2.11. The first kappa shape index (κ1) is 8.77. The second kappa shape index (κ2) is 3.38. The number of ether oxygens (including phenoxy) is 1. The molecule has 1 aliphatic rings. The van der Waals surface area contributed by atoms with Crippen molar-refractivity contribution in [3.63, 3.8) is 0 Å². The molecule has 0 fully saturated rings. The average Bonchev–Trinajstić information content (AvgIpc) is 2.50. The Morgan fingerprint density at radius 3 is 2.75 bits per heavy atom. The van der Waals surface area contributed by atoms with Crippen LogP contribution in [0.2, 0.25) is 0 Å². The highest BCUT2D eigenvalue weighted by atomic mass is 16.5. The molecular weight excluding hydrogens is 160 g/mol. The summed E-state index contributed by atoms with van der Waals surface area (Å²) in [6.07, 6.45) is 3.69. The Hall–Kier alpha value is -1.32. The Bertz CT molecular complexity index is 231. The van der Waals surface area contributed by atoms with Crippen LogP contribution in [0.25, 0.3) is 0 Å². The maximum atomic E-state index is 11.0. The van der Waals surface area contributed by atoms with Gasteiger partial charge >= 0.3 is 11.9 Å². The van der Waals surface area contributed by atoms with Crippen molar-refractivity contribution < 1.29 is 19.4 Å².